The highest BCUT2D eigenvalue weighted by Crippen LogP contribution is 2.33. The van der Waals surface area contributed by atoms with Gasteiger partial charge >= 0.3 is 6.18 Å². The van der Waals surface area contributed by atoms with Crippen molar-refractivity contribution in [1.82, 2.24) is 0 Å². The molecule has 0 unspecified atom stereocenters. The molecule has 2 rings (SSSR count). The van der Waals surface area contributed by atoms with Crippen LogP contribution in [-0.2, 0) is 6.42 Å². The van der Waals surface area contributed by atoms with Gasteiger partial charge in [0.05, 0.1) is 0 Å². The number of rotatable bonds is 0. The zero-order valence-corrected chi connectivity index (χ0v) is 9.42. The summed E-state index contributed by atoms with van der Waals surface area (Å²) >= 11 is 11.5. The molecule has 6 heteroatoms. The second-order valence-electron chi connectivity index (χ2n) is 3.39. The molecule has 1 aromatic rings. The van der Waals surface area contributed by atoms with Crippen molar-refractivity contribution in [2.45, 2.75) is 12.6 Å². The quantitative estimate of drug-likeness (QED) is 0.676. The van der Waals surface area contributed by atoms with Gasteiger partial charge in [0.1, 0.15) is 5.71 Å². The Hall–Kier alpha value is -0.740. The van der Waals surface area contributed by atoms with E-state index in [1.54, 1.807) is 0 Å². The van der Waals surface area contributed by atoms with Crippen molar-refractivity contribution in [2.75, 3.05) is 6.54 Å². The molecule has 0 saturated carbocycles. The van der Waals surface area contributed by atoms with E-state index < -0.39 is 11.9 Å². The summed E-state index contributed by atoms with van der Waals surface area (Å²) in [5, 5.41) is 0.446. The maximum Gasteiger partial charge on any atom is 0.433 e. The van der Waals surface area contributed by atoms with E-state index in [1.807, 2.05) is 0 Å². The van der Waals surface area contributed by atoms with Crippen LogP contribution >= 0.6 is 23.2 Å². The summed E-state index contributed by atoms with van der Waals surface area (Å²) in [4.78, 5) is 3.50. The van der Waals surface area contributed by atoms with Crippen LogP contribution in [0.3, 0.4) is 0 Å². The van der Waals surface area contributed by atoms with Gasteiger partial charge in [0.25, 0.3) is 0 Å². The van der Waals surface area contributed by atoms with Crippen molar-refractivity contribution in [3.8, 4) is 0 Å². The molecular weight excluding hydrogens is 262 g/mol. The van der Waals surface area contributed by atoms with Gasteiger partial charge in [-0.1, -0.05) is 23.2 Å². The molecular formula is C10H6Cl2F3N. The first-order valence-corrected chi connectivity index (χ1v) is 5.25. The third-order valence-corrected chi connectivity index (χ3v) is 2.87. The highest BCUT2D eigenvalue weighted by Gasteiger charge is 2.39. The standard InChI is InChI=1S/C10H6Cl2F3N/c11-5-3-7-6(8(12)4-5)1-2-16-9(7)10(13,14)15/h3-4H,1-2H2. The third-order valence-electron chi connectivity index (χ3n) is 2.32. The van der Waals surface area contributed by atoms with E-state index in [0.717, 1.165) is 0 Å². The van der Waals surface area contributed by atoms with Crippen molar-refractivity contribution in [3.05, 3.63) is 33.3 Å². The Morgan fingerprint density at radius 2 is 1.88 bits per heavy atom. The largest absolute Gasteiger partial charge is 0.433 e. The minimum atomic E-state index is -4.47. The molecule has 0 saturated heterocycles. The molecule has 0 amide bonds. The van der Waals surface area contributed by atoms with Crippen LogP contribution in [0.2, 0.25) is 10.0 Å². The molecule has 0 bridgehead atoms. The van der Waals surface area contributed by atoms with Crippen LogP contribution in [0.15, 0.2) is 17.1 Å². The summed E-state index contributed by atoms with van der Waals surface area (Å²) in [7, 11) is 0. The Morgan fingerprint density at radius 1 is 1.19 bits per heavy atom. The Balaban J connectivity index is 2.62. The number of aliphatic imine (C=N–C) groups is 1. The summed E-state index contributed by atoms with van der Waals surface area (Å²) in [6, 6.07) is 2.70. The summed E-state index contributed by atoms with van der Waals surface area (Å²) in [5.41, 5.74) is -0.428. The Morgan fingerprint density at radius 3 is 2.50 bits per heavy atom. The van der Waals surface area contributed by atoms with Crippen LogP contribution in [0, 0.1) is 0 Å². The van der Waals surface area contributed by atoms with Crippen molar-refractivity contribution in [1.29, 1.82) is 0 Å². The number of hydrogen-bond donors (Lipinski definition) is 0. The molecule has 1 nitrogen and oxygen atoms in total. The second-order valence-corrected chi connectivity index (χ2v) is 4.24. The van der Waals surface area contributed by atoms with Gasteiger partial charge in [0.15, 0.2) is 0 Å². The van der Waals surface area contributed by atoms with Crippen LogP contribution in [0.1, 0.15) is 11.1 Å². The van der Waals surface area contributed by atoms with Gasteiger partial charge in [0, 0.05) is 22.2 Å². The second kappa shape index (κ2) is 3.93. The molecule has 1 aliphatic rings. The summed E-state index contributed by atoms with van der Waals surface area (Å²) in [6.45, 7) is 0.100. The molecule has 0 fully saturated rings. The lowest BCUT2D eigenvalue weighted by atomic mass is 9.97. The van der Waals surface area contributed by atoms with Crippen LogP contribution in [0.25, 0.3) is 0 Å². The van der Waals surface area contributed by atoms with Crippen molar-refractivity contribution in [3.63, 3.8) is 0 Å². The predicted octanol–water partition coefficient (Wildman–Crippen LogP) is 3.90. The van der Waals surface area contributed by atoms with E-state index in [1.165, 1.54) is 12.1 Å². The zero-order valence-electron chi connectivity index (χ0n) is 7.91. The van der Waals surface area contributed by atoms with E-state index in [2.05, 4.69) is 4.99 Å². The van der Waals surface area contributed by atoms with E-state index in [-0.39, 0.29) is 22.2 Å². The zero-order chi connectivity index (χ0) is 11.9. The van der Waals surface area contributed by atoms with E-state index in [9.17, 15) is 13.2 Å². The average Bonchev–Trinajstić information content (AvgIpc) is 2.15. The van der Waals surface area contributed by atoms with Gasteiger partial charge in [0.2, 0.25) is 0 Å². The van der Waals surface area contributed by atoms with Gasteiger partial charge in [-0.3, -0.25) is 4.99 Å². The maximum absolute atomic E-state index is 12.7. The lowest BCUT2D eigenvalue weighted by molar-refractivity contribution is -0.0584. The van der Waals surface area contributed by atoms with Crippen molar-refractivity contribution >= 4 is 28.9 Å². The molecule has 1 heterocycles. The van der Waals surface area contributed by atoms with E-state index >= 15 is 0 Å². The van der Waals surface area contributed by atoms with Gasteiger partial charge in [-0.05, 0) is 24.1 Å². The lowest BCUT2D eigenvalue weighted by Gasteiger charge is -2.20. The molecule has 0 aliphatic carbocycles. The monoisotopic (exact) mass is 267 g/mol. The molecule has 0 spiro atoms. The van der Waals surface area contributed by atoms with E-state index in [4.69, 9.17) is 23.2 Å². The number of nitrogens with zero attached hydrogens (tertiary/aromatic N) is 1. The predicted molar refractivity (Wildman–Crippen MR) is 57.6 cm³/mol. The van der Waals surface area contributed by atoms with Crippen LogP contribution in [0.4, 0.5) is 13.2 Å². The van der Waals surface area contributed by atoms with Gasteiger partial charge in [-0.15, -0.1) is 0 Å². The molecule has 0 N–H and O–H groups in total. The normalized spacial score (nSPS) is 15.7. The molecule has 0 radical (unpaired) electrons. The number of benzene rings is 1. The minimum absolute atomic E-state index is 0.00347. The van der Waals surface area contributed by atoms with Crippen molar-refractivity contribution < 1.29 is 13.2 Å². The first kappa shape index (κ1) is 11.7. The third kappa shape index (κ3) is 2.04. The fourth-order valence-electron chi connectivity index (χ4n) is 1.68. The molecule has 0 atom stereocenters. The average molecular weight is 268 g/mol. The lowest BCUT2D eigenvalue weighted by Crippen LogP contribution is -2.28. The van der Waals surface area contributed by atoms with Gasteiger partial charge < -0.3 is 0 Å². The summed E-state index contributed by atoms with van der Waals surface area (Å²) in [6.07, 6.45) is -4.06. The first-order chi connectivity index (χ1) is 7.39. The summed E-state index contributed by atoms with van der Waals surface area (Å²) < 4.78 is 38.0. The maximum atomic E-state index is 12.7. The SMILES string of the molecule is FC(F)(F)C1=NCCc2c(Cl)cc(Cl)cc21. The topological polar surface area (TPSA) is 12.4 Å². The Bertz CT molecular complexity index is 466. The fraction of sp³-hybridized carbons (Fsp3) is 0.300. The number of alkyl halides is 3. The Kier molecular flexibility index (Phi) is 2.88. The first-order valence-electron chi connectivity index (χ1n) is 4.49. The smallest absolute Gasteiger partial charge is 0.280 e. The van der Waals surface area contributed by atoms with Crippen molar-refractivity contribution in [2.24, 2.45) is 4.99 Å². The highest BCUT2D eigenvalue weighted by atomic mass is 35.5. The molecule has 1 aliphatic heterocycles. The van der Waals surface area contributed by atoms with E-state index in [0.29, 0.717) is 12.0 Å². The minimum Gasteiger partial charge on any atom is -0.280 e. The molecule has 1 aromatic carbocycles. The van der Waals surface area contributed by atoms with Crippen LogP contribution in [-0.4, -0.2) is 18.4 Å². The molecule has 16 heavy (non-hydrogen) atoms. The molecule has 86 valence electrons. The summed E-state index contributed by atoms with van der Waals surface area (Å²) in [5.74, 6) is 0. The van der Waals surface area contributed by atoms with Gasteiger partial charge in [-0.2, -0.15) is 13.2 Å². The highest BCUT2D eigenvalue weighted by molar-refractivity contribution is 6.36. The van der Waals surface area contributed by atoms with Crippen LogP contribution < -0.4 is 0 Å². The molecule has 0 aromatic heterocycles. The fourth-order valence-corrected chi connectivity index (χ4v) is 2.26. The number of fused-ring (bicyclic) bond motifs is 1. The van der Waals surface area contributed by atoms with Gasteiger partial charge in [-0.25, -0.2) is 0 Å². The Labute approximate surface area is 99.9 Å². The van der Waals surface area contributed by atoms with Crippen LogP contribution in [0.5, 0.6) is 0 Å². The number of hydrogen-bond acceptors (Lipinski definition) is 1. The number of halogens is 5.